The van der Waals surface area contributed by atoms with Gasteiger partial charge >= 0.3 is 11.9 Å². The fraction of sp³-hybridized carbons (Fsp3) is 0.250. The molecule has 2 aliphatic heterocycles. The summed E-state index contributed by atoms with van der Waals surface area (Å²) in [6.45, 7) is 5.73. The number of aromatic nitrogens is 1. The smallest absolute Gasteiger partial charge is 0.338 e. The number of carbonyl (C=O) groups excluding carboxylic acids is 1. The first-order valence-corrected chi connectivity index (χ1v) is 14.7. The van der Waals surface area contributed by atoms with E-state index in [1.165, 1.54) is 15.9 Å². The minimum absolute atomic E-state index is 0.0917. The van der Waals surface area contributed by atoms with E-state index in [1.54, 1.807) is 62.4 Å². The average molecular weight is 601 g/mol. The Labute approximate surface area is 249 Å². The van der Waals surface area contributed by atoms with Gasteiger partial charge in [0.15, 0.2) is 16.3 Å². The predicted octanol–water partition coefficient (Wildman–Crippen LogP) is 4.57. The largest absolute Gasteiger partial charge is 0.478 e. The van der Waals surface area contributed by atoms with Gasteiger partial charge in [-0.05, 0) is 61.7 Å². The number of aromatic carboxylic acids is 1. The van der Waals surface area contributed by atoms with Gasteiger partial charge in [0.2, 0.25) is 6.79 Å². The topological polar surface area (TPSA) is 130 Å². The Hall–Kier alpha value is -4.90. The molecule has 2 aromatic heterocycles. The van der Waals surface area contributed by atoms with E-state index in [1.807, 2.05) is 13.0 Å². The first-order chi connectivity index (χ1) is 20.8. The third kappa shape index (κ3) is 5.05. The van der Waals surface area contributed by atoms with Gasteiger partial charge in [0, 0.05) is 11.6 Å². The average Bonchev–Trinajstić information content (AvgIpc) is 3.72. The fourth-order valence-corrected chi connectivity index (χ4v) is 6.36. The van der Waals surface area contributed by atoms with E-state index in [-0.39, 0.29) is 24.5 Å². The molecule has 0 bridgehead atoms. The molecule has 11 heteroatoms. The fourth-order valence-electron chi connectivity index (χ4n) is 5.36. The summed E-state index contributed by atoms with van der Waals surface area (Å²) in [7, 11) is 0. The lowest BCUT2D eigenvalue weighted by Gasteiger charge is -2.25. The molecular formula is C32H28N2O8S. The Morgan fingerprint density at radius 3 is 2.72 bits per heavy atom. The van der Waals surface area contributed by atoms with Crippen LogP contribution in [0.5, 0.6) is 11.5 Å². The van der Waals surface area contributed by atoms with E-state index in [9.17, 15) is 19.5 Å². The van der Waals surface area contributed by atoms with Crippen molar-refractivity contribution in [1.29, 1.82) is 0 Å². The second kappa shape index (κ2) is 11.4. The van der Waals surface area contributed by atoms with Crippen LogP contribution in [0.1, 0.15) is 60.0 Å². The van der Waals surface area contributed by atoms with Crippen LogP contribution in [0.3, 0.4) is 0 Å². The normalized spacial score (nSPS) is 15.8. The Balaban J connectivity index is 1.49. The van der Waals surface area contributed by atoms with Gasteiger partial charge in [-0.2, -0.15) is 0 Å². The number of thiazole rings is 1. The van der Waals surface area contributed by atoms with Crippen molar-refractivity contribution in [1.82, 2.24) is 4.57 Å². The van der Waals surface area contributed by atoms with Gasteiger partial charge in [-0.15, -0.1) is 0 Å². The summed E-state index contributed by atoms with van der Waals surface area (Å²) in [6, 6.07) is 13.0. The van der Waals surface area contributed by atoms with Crippen molar-refractivity contribution in [2.24, 2.45) is 4.99 Å². The quantitative estimate of drug-likeness (QED) is 0.291. The van der Waals surface area contributed by atoms with Crippen LogP contribution in [0.4, 0.5) is 0 Å². The predicted molar refractivity (Wildman–Crippen MR) is 158 cm³/mol. The SMILES string of the molecule is CCCC1=C(C(=O)OCC)[C@H](c2ccc3c(c2)OCO3)n2c(s/c(=C\c3ccc(-c4cccc(C(=O)O)c4C)o3)c2=O)=N1. The van der Waals surface area contributed by atoms with Crippen molar-refractivity contribution >= 4 is 29.4 Å². The lowest BCUT2D eigenvalue weighted by atomic mass is 9.94. The number of carboxylic acids is 1. The zero-order valence-corrected chi connectivity index (χ0v) is 24.5. The highest BCUT2D eigenvalue weighted by Crippen LogP contribution is 2.39. The second-order valence-electron chi connectivity index (χ2n) is 10.0. The number of carboxylic acid groups (broad SMARTS) is 1. The summed E-state index contributed by atoms with van der Waals surface area (Å²) in [4.78, 5) is 44.2. The van der Waals surface area contributed by atoms with Crippen LogP contribution < -0.4 is 24.4 Å². The van der Waals surface area contributed by atoms with Gasteiger partial charge in [-0.3, -0.25) is 9.36 Å². The van der Waals surface area contributed by atoms with E-state index < -0.39 is 18.0 Å². The van der Waals surface area contributed by atoms with Crippen LogP contribution in [0.15, 0.2) is 74.0 Å². The second-order valence-corrected chi connectivity index (χ2v) is 11.0. The van der Waals surface area contributed by atoms with E-state index >= 15 is 0 Å². The number of fused-ring (bicyclic) bond motifs is 2. The number of hydrogen-bond donors (Lipinski definition) is 1. The number of carbonyl (C=O) groups is 2. The maximum absolute atomic E-state index is 14.0. The number of nitrogens with zero attached hydrogens (tertiary/aromatic N) is 2. The molecular weight excluding hydrogens is 572 g/mol. The Morgan fingerprint density at radius 1 is 1.14 bits per heavy atom. The summed E-state index contributed by atoms with van der Waals surface area (Å²) >= 11 is 1.20. The van der Waals surface area contributed by atoms with Crippen LogP contribution in [0.25, 0.3) is 17.4 Å². The Morgan fingerprint density at radius 2 is 1.95 bits per heavy atom. The molecule has 43 heavy (non-hydrogen) atoms. The molecule has 6 rings (SSSR count). The van der Waals surface area contributed by atoms with Gasteiger partial charge < -0.3 is 23.7 Å². The summed E-state index contributed by atoms with van der Waals surface area (Å²) < 4.78 is 24.5. The number of allylic oxidation sites excluding steroid dienone is 1. The monoisotopic (exact) mass is 600 g/mol. The van der Waals surface area contributed by atoms with E-state index in [2.05, 4.69) is 0 Å². The molecule has 2 aliphatic rings. The van der Waals surface area contributed by atoms with Crippen LogP contribution in [0.2, 0.25) is 0 Å². The van der Waals surface area contributed by atoms with Gasteiger partial charge in [0.05, 0.1) is 34.0 Å². The molecule has 0 saturated carbocycles. The van der Waals surface area contributed by atoms with Gasteiger partial charge in [0.25, 0.3) is 5.56 Å². The van der Waals surface area contributed by atoms with Crippen molar-refractivity contribution in [3.63, 3.8) is 0 Å². The maximum atomic E-state index is 14.0. The highest BCUT2D eigenvalue weighted by Gasteiger charge is 2.35. The third-order valence-corrected chi connectivity index (χ3v) is 8.32. The number of esters is 1. The minimum Gasteiger partial charge on any atom is -0.478 e. The van der Waals surface area contributed by atoms with Crippen molar-refractivity contribution in [2.75, 3.05) is 13.4 Å². The molecule has 4 aromatic rings. The zero-order valence-electron chi connectivity index (χ0n) is 23.7. The molecule has 0 aliphatic carbocycles. The molecule has 1 atom stereocenters. The first kappa shape index (κ1) is 28.2. The molecule has 220 valence electrons. The van der Waals surface area contributed by atoms with Crippen molar-refractivity contribution in [2.45, 2.75) is 39.7 Å². The standard InChI is InChI=1S/C32H28N2O8S/c1-4-7-22-27(31(38)39-5-2)28(18-10-12-24-25(14-18)41-16-40-24)34-29(35)26(43-32(34)33-22)15-19-11-13-23(42-19)20-8-6-9-21(17(20)3)30(36)37/h6,8-15,28H,4-5,7,16H2,1-3H3,(H,36,37)/b26-15-/t28-/m0/s1. The number of ether oxygens (including phenoxy) is 3. The molecule has 0 saturated heterocycles. The van der Waals surface area contributed by atoms with Crippen LogP contribution >= 0.6 is 11.3 Å². The Bertz CT molecular complexity index is 1980. The molecule has 0 amide bonds. The Kier molecular flexibility index (Phi) is 7.49. The molecule has 0 radical (unpaired) electrons. The van der Waals surface area contributed by atoms with Gasteiger partial charge in [-0.25, -0.2) is 14.6 Å². The molecule has 0 unspecified atom stereocenters. The molecule has 2 aromatic carbocycles. The van der Waals surface area contributed by atoms with Crippen LogP contribution in [-0.2, 0) is 9.53 Å². The lowest BCUT2D eigenvalue weighted by molar-refractivity contribution is -0.139. The number of rotatable bonds is 8. The summed E-state index contributed by atoms with van der Waals surface area (Å²) in [5.74, 6) is 0.466. The first-order valence-electron chi connectivity index (χ1n) is 13.8. The number of hydrogen-bond acceptors (Lipinski definition) is 9. The molecule has 4 heterocycles. The molecule has 0 fully saturated rings. The minimum atomic E-state index is -1.02. The summed E-state index contributed by atoms with van der Waals surface area (Å²) in [6.07, 6.45) is 2.90. The summed E-state index contributed by atoms with van der Waals surface area (Å²) in [5, 5.41) is 9.51. The van der Waals surface area contributed by atoms with E-state index in [0.717, 1.165) is 6.42 Å². The highest BCUT2D eigenvalue weighted by atomic mass is 32.1. The molecule has 0 spiro atoms. The number of furan rings is 1. The molecule has 10 nitrogen and oxygen atoms in total. The van der Waals surface area contributed by atoms with Crippen LogP contribution in [-0.4, -0.2) is 35.0 Å². The van der Waals surface area contributed by atoms with Crippen molar-refractivity contribution < 1.29 is 33.3 Å². The molecule has 1 N–H and O–H groups in total. The number of benzene rings is 2. The summed E-state index contributed by atoms with van der Waals surface area (Å²) in [5.41, 5.74) is 2.62. The maximum Gasteiger partial charge on any atom is 0.338 e. The van der Waals surface area contributed by atoms with Crippen molar-refractivity contribution in [3.05, 3.63) is 102 Å². The van der Waals surface area contributed by atoms with E-state index in [0.29, 0.717) is 66.7 Å². The van der Waals surface area contributed by atoms with E-state index in [4.69, 9.17) is 23.6 Å². The van der Waals surface area contributed by atoms with Crippen molar-refractivity contribution in [3.8, 4) is 22.8 Å². The van der Waals surface area contributed by atoms with Gasteiger partial charge in [-0.1, -0.05) is 42.9 Å². The van der Waals surface area contributed by atoms with Crippen LogP contribution in [0, 0.1) is 6.92 Å². The van der Waals surface area contributed by atoms with Gasteiger partial charge in [0.1, 0.15) is 11.5 Å². The zero-order chi connectivity index (χ0) is 30.2. The highest BCUT2D eigenvalue weighted by molar-refractivity contribution is 7.07. The third-order valence-electron chi connectivity index (χ3n) is 7.33. The lowest BCUT2D eigenvalue weighted by Crippen LogP contribution is -2.40.